The highest BCUT2D eigenvalue weighted by Crippen LogP contribution is 2.43. The molecular formula is C34H26N4O3. The zero-order valence-corrected chi connectivity index (χ0v) is 22.3. The molecule has 2 heterocycles. The molecule has 0 spiro atoms. The van der Waals surface area contributed by atoms with Gasteiger partial charge < -0.3 is 10.1 Å². The fraction of sp³-hybridized carbons (Fsp3) is 0.0588. The van der Waals surface area contributed by atoms with Crippen LogP contribution in [-0.2, 0) is 10.3 Å². The zero-order chi connectivity index (χ0) is 28.2. The topological polar surface area (TPSA) is 86.1 Å². The Morgan fingerprint density at radius 3 is 1.71 bits per heavy atom. The number of pyridine rings is 1. The molecule has 0 unspecified atom stereocenters. The van der Waals surface area contributed by atoms with E-state index >= 15 is 0 Å². The molecule has 0 fully saturated rings. The van der Waals surface area contributed by atoms with Crippen LogP contribution in [0.4, 0.5) is 5.82 Å². The molecule has 1 amide bonds. The number of esters is 1. The third kappa shape index (κ3) is 4.74. The van der Waals surface area contributed by atoms with Gasteiger partial charge in [0, 0.05) is 19.2 Å². The molecule has 0 saturated carbocycles. The summed E-state index contributed by atoms with van der Waals surface area (Å²) in [6, 6.07) is 40.7. The first-order valence-corrected chi connectivity index (χ1v) is 13.2. The number of amides is 1. The van der Waals surface area contributed by atoms with Crippen LogP contribution < -0.4 is 10.1 Å². The number of nitrogens with zero attached hydrogens (tertiary/aromatic N) is 3. The number of hydrogen-bond donors (Lipinski definition) is 1. The highest BCUT2D eigenvalue weighted by Gasteiger charge is 2.41. The third-order valence-corrected chi connectivity index (χ3v) is 6.91. The molecule has 0 atom stereocenters. The van der Waals surface area contributed by atoms with Gasteiger partial charge in [-0.25, -0.2) is 14.5 Å². The molecule has 0 aliphatic rings. The van der Waals surface area contributed by atoms with Crippen LogP contribution in [0.2, 0.25) is 0 Å². The molecule has 6 rings (SSSR count). The lowest BCUT2D eigenvalue weighted by Gasteiger charge is -2.37. The van der Waals surface area contributed by atoms with Crippen LogP contribution in [0.1, 0.15) is 34.1 Å². The number of carbonyl (C=O) groups excluding carboxylic acids is 2. The molecule has 200 valence electrons. The van der Waals surface area contributed by atoms with E-state index in [0.717, 1.165) is 16.7 Å². The first-order chi connectivity index (χ1) is 20.1. The normalized spacial score (nSPS) is 11.2. The molecule has 7 nitrogen and oxygen atoms in total. The number of carbonyl (C=O) groups is 2. The van der Waals surface area contributed by atoms with Gasteiger partial charge in [0.2, 0.25) is 5.91 Å². The van der Waals surface area contributed by atoms with Crippen molar-refractivity contribution in [3.63, 3.8) is 0 Å². The average Bonchev–Trinajstić information content (AvgIpc) is 3.39. The quantitative estimate of drug-likeness (QED) is 0.143. The Balaban J connectivity index is 1.70. The standard InChI is InChI=1S/C34H26N4O3/c1-24(39)36-31-22-30-29(23-35-31)32(33(40)41-28-20-12-5-13-21-28)37-38(30)34(25-14-6-2-7-15-25,26-16-8-3-9-17-26)27-18-10-4-11-19-27/h2-23H,1H3,(H,35,36,39). The number of benzene rings is 4. The summed E-state index contributed by atoms with van der Waals surface area (Å²) in [5.74, 6) is -0.121. The predicted octanol–water partition coefficient (Wildman–Crippen LogP) is 6.45. The van der Waals surface area contributed by atoms with E-state index in [-0.39, 0.29) is 11.6 Å². The van der Waals surface area contributed by atoms with Gasteiger partial charge in [-0.2, -0.15) is 5.10 Å². The number of nitrogens with one attached hydrogen (secondary N) is 1. The minimum Gasteiger partial charge on any atom is -0.422 e. The fourth-order valence-corrected chi connectivity index (χ4v) is 5.21. The second-order valence-electron chi connectivity index (χ2n) is 9.54. The van der Waals surface area contributed by atoms with Gasteiger partial charge in [-0.1, -0.05) is 109 Å². The molecule has 0 aliphatic carbocycles. The van der Waals surface area contributed by atoms with E-state index < -0.39 is 11.5 Å². The zero-order valence-electron chi connectivity index (χ0n) is 22.3. The molecule has 2 aromatic heterocycles. The van der Waals surface area contributed by atoms with Crippen molar-refractivity contribution >= 4 is 28.6 Å². The third-order valence-electron chi connectivity index (χ3n) is 6.91. The first-order valence-electron chi connectivity index (χ1n) is 13.2. The predicted molar refractivity (Wildman–Crippen MR) is 158 cm³/mol. The summed E-state index contributed by atoms with van der Waals surface area (Å²) >= 11 is 0. The van der Waals surface area contributed by atoms with E-state index in [4.69, 9.17) is 9.84 Å². The number of anilines is 1. The molecule has 6 aromatic rings. The van der Waals surface area contributed by atoms with Gasteiger partial charge in [0.05, 0.1) is 10.9 Å². The molecule has 0 radical (unpaired) electrons. The van der Waals surface area contributed by atoms with Crippen LogP contribution in [0.25, 0.3) is 10.9 Å². The van der Waals surface area contributed by atoms with E-state index in [0.29, 0.717) is 22.5 Å². The lowest BCUT2D eigenvalue weighted by atomic mass is 9.77. The number of para-hydroxylation sites is 1. The van der Waals surface area contributed by atoms with Crippen molar-refractivity contribution in [2.24, 2.45) is 0 Å². The van der Waals surface area contributed by atoms with Gasteiger partial charge >= 0.3 is 5.97 Å². The summed E-state index contributed by atoms with van der Waals surface area (Å²) in [7, 11) is 0. The van der Waals surface area contributed by atoms with Crippen LogP contribution in [0.3, 0.4) is 0 Å². The summed E-state index contributed by atoms with van der Waals surface area (Å²) in [4.78, 5) is 30.0. The molecule has 0 aliphatic heterocycles. The number of rotatable bonds is 7. The molecule has 7 heteroatoms. The highest BCUT2D eigenvalue weighted by atomic mass is 16.5. The van der Waals surface area contributed by atoms with E-state index in [1.807, 2.05) is 102 Å². The lowest BCUT2D eigenvalue weighted by Crippen LogP contribution is -2.38. The SMILES string of the molecule is CC(=O)Nc1cc2c(cn1)c(C(=O)Oc1ccccc1)nn2C(c1ccccc1)(c1ccccc1)c1ccccc1. The Morgan fingerprint density at radius 1 is 0.732 bits per heavy atom. The number of hydrogen-bond acceptors (Lipinski definition) is 5. The summed E-state index contributed by atoms with van der Waals surface area (Å²) < 4.78 is 7.58. The van der Waals surface area contributed by atoms with Crippen molar-refractivity contribution in [3.8, 4) is 5.75 Å². The second-order valence-corrected chi connectivity index (χ2v) is 9.54. The lowest BCUT2D eigenvalue weighted by molar-refractivity contribution is -0.114. The van der Waals surface area contributed by atoms with Crippen molar-refractivity contribution in [2.45, 2.75) is 12.5 Å². The van der Waals surface area contributed by atoms with Gasteiger partial charge in [-0.3, -0.25) is 4.79 Å². The maximum absolute atomic E-state index is 13.6. The minimum atomic E-state index is -0.998. The Kier molecular flexibility index (Phi) is 6.83. The highest BCUT2D eigenvalue weighted by molar-refractivity contribution is 6.04. The van der Waals surface area contributed by atoms with Crippen LogP contribution in [0, 0.1) is 0 Å². The van der Waals surface area contributed by atoms with Crippen molar-refractivity contribution < 1.29 is 14.3 Å². The van der Waals surface area contributed by atoms with Crippen molar-refractivity contribution in [2.75, 3.05) is 5.32 Å². The number of ether oxygens (including phenoxy) is 1. The van der Waals surface area contributed by atoms with E-state index in [9.17, 15) is 9.59 Å². The van der Waals surface area contributed by atoms with E-state index in [1.54, 1.807) is 36.5 Å². The molecule has 0 saturated heterocycles. The summed E-state index contributed by atoms with van der Waals surface area (Å²) in [5, 5.41) is 8.26. The molecule has 41 heavy (non-hydrogen) atoms. The monoisotopic (exact) mass is 538 g/mol. The molecule has 4 aromatic carbocycles. The van der Waals surface area contributed by atoms with Gasteiger partial charge in [0.1, 0.15) is 17.1 Å². The van der Waals surface area contributed by atoms with Gasteiger partial charge in [-0.05, 0) is 28.8 Å². The number of fused-ring (bicyclic) bond motifs is 1. The van der Waals surface area contributed by atoms with E-state index in [2.05, 4.69) is 10.3 Å². The van der Waals surface area contributed by atoms with Crippen LogP contribution >= 0.6 is 0 Å². The summed E-state index contributed by atoms with van der Waals surface area (Å²) in [5.41, 5.74) is 2.51. The van der Waals surface area contributed by atoms with Crippen LogP contribution in [0.15, 0.2) is 134 Å². The minimum absolute atomic E-state index is 0.109. The summed E-state index contributed by atoms with van der Waals surface area (Å²) in [6.07, 6.45) is 1.55. The van der Waals surface area contributed by atoms with Gasteiger partial charge in [0.15, 0.2) is 5.69 Å². The van der Waals surface area contributed by atoms with Gasteiger partial charge in [0.25, 0.3) is 0 Å². The molecular weight excluding hydrogens is 512 g/mol. The molecule has 0 bridgehead atoms. The number of aromatic nitrogens is 3. The fourth-order valence-electron chi connectivity index (χ4n) is 5.21. The van der Waals surface area contributed by atoms with Crippen molar-refractivity contribution in [3.05, 3.63) is 156 Å². The van der Waals surface area contributed by atoms with Crippen LogP contribution in [-0.4, -0.2) is 26.6 Å². The summed E-state index contributed by atoms with van der Waals surface area (Å²) in [6.45, 7) is 1.42. The Labute approximate surface area is 237 Å². The van der Waals surface area contributed by atoms with Crippen molar-refractivity contribution in [1.82, 2.24) is 14.8 Å². The Morgan fingerprint density at radius 2 is 1.22 bits per heavy atom. The second kappa shape index (κ2) is 10.9. The largest absolute Gasteiger partial charge is 0.422 e. The maximum Gasteiger partial charge on any atom is 0.364 e. The van der Waals surface area contributed by atoms with Crippen molar-refractivity contribution in [1.29, 1.82) is 0 Å². The van der Waals surface area contributed by atoms with E-state index in [1.165, 1.54) is 6.92 Å². The average molecular weight is 539 g/mol. The Hall–Kier alpha value is -5.56. The Bertz CT molecular complexity index is 1720. The maximum atomic E-state index is 13.6. The smallest absolute Gasteiger partial charge is 0.364 e. The van der Waals surface area contributed by atoms with Crippen LogP contribution in [0.5, 0.6) is 5.75 Å². The first kappa shape index (κ1) is 25.7. The molecule has 1 N–H and O–H groups in total. The van der Waals surface area contributed by atoms with Gasteiger partial charge in [-0.15, -0.1) is 0 Å².